The van der Waals surface area contributed by atoms with Gasteiger partial charge in [-0.2, -0.15) is 0 Å². The van der Waals surface area contributed by atoms with Gasteiger partial charge < -0.3 is 4.42 Å². The van der Waals surface area contributed by atoms with Crippen molar-refractivity contribution in [3.05, 3.63) is 17.6 Å². The van der Waals surface area contributed by atoms with Crippen molar-refractivity contribution in [3.8, 4) is 0 Å². The van der Waals surface area contributed by atoms with Crippen LogP contribution < -0.4 is 0 Å². The zero-order valence-electron chi connectivity index (χ0n) is 6.51. The molecule has 0 saturated heterocycles. The van der Waals surface area contributed by atoms with Crippen LogP contribution in [0.4, 0.5) is 0 Å². The van der Waals surface area contributed by atoms with Crippen LogP contribution in [0.5, 0.6) is 0 Å². The third kappa shape index (κ3) is 1.37. The summed E-state index contributed by atoms with van der Waals surface area (Å²) in [7, 11) is 0. The van der Waals surface area contributed by atoms with E-state index in [4.69, 9.17) is 4.42 Å². The fraction of sp³-hybridized carbons (Fsp3) is 0.500. The Morgan fingerprint density at radius 3 is 2.30 bits per heavy atom. The monoisotopic (exact) mass is 156 g/mol. The second-order valence-corrected chi connectivity index (χ2v) is 3.23. The summed E-state index contributed by atoms with van der Waals surface area (Å²) in [5.74, 6) is 2.38. The third-order valence-corrected chi connectivity index (χ3v) is 1.92. The highest BCUT2D eigenvalue weighted by Crippen LogP contribution is 2.23. The van der Waals surface area contributed by atoms with Crippen molar-refractivity contribution in [1.82, 2.24) is 0 Å². The van der Waals surface area contributed by atoms with Gasteiger partial charge in [-0.1, -0.05) is 13.8 Å². The van der Waals surface area contributed by atoms with E-state index < -0.39 is 0 Å². The lowest BCUT2D eigenvalue weighted by atomic mass is 10.2. The maximum atomic E-state index is 5.40. The molecule has 2 heteroatoms. The molecule has 0 N–H and O–H groups in total. The molecular weight excluding hydrogens is 144 g/mol. The Labute approximate surface area is 66.8 Å². The number of hydrogen-bond acceptors (Lipinski definition) is 2. The number of aryl methyl sites for hydroxylation is 1. The Morgan fingerprint density at radius 2 is 2.10 bits per heavy atom. The SMILES string of the molecule is Cc1oc(C(C)C)cc1S. The number of furan rings is 1. The minimum atomic E-state index is 0.458. The second-order valence-electron chi connectivity index (χ2n) is 2.74. The summed E-state index contributed by atoms with van der Waals surface area (Å²) >= 11 is 4.22. The topological polar surface area (TPSA) is 13.1 Å². The van der Waals surface area contributed by atoms with E-state index in [9.17, 15) is 0 Å². The van der Waals surface area contributed by atoms with Gasteiger partial charge in [0.1, 0.15) is 11.5 Å². The molecule has 0 aliphatic rings. The van der Waals surface area contributed by atoms with Crippen molar-refractivity contribution >= 4 is 12.6 Å². The van der Waals surface area contributed by atoms with Gasteiger partial charge in [0.2, 0.25) is 0 Å². The van der Waals surface area contributed by atoms with Crippen molar-refractivity contribution in [1.29, 1.82) is 0 Å². The Hall–Kier alpha value is -0.370. The zero-order chi connectivity index (χ0) is 7.72. The van der Waals surface area contributed by atoms with Gasteiger partial charge in [0.05, 0.1) is 0 Å². The quantitative estimate of drug-likeness (QED) is 0.617. The molecule has 1 rings (SSSR count). The van der Waals surface area contributed by atoms with E-state index in [1.165, 1.54) is 0 Å². The lowest BCUT2D eigenvalue weighted by Gasteiger charge is -1.95. The van der Waals surface area contributed by atoms with Crippen molar-refractivity contribution < 1.29 is 4.42 Å². The van der Waals surface area contributed by atoms with E-state index in [2.05, 4.69) is 26.5 Å². The third-order valence-electron chi connectivity index (χ3n) is 1.48. The van der Waals surface area contributed by atoms with Crippen LogP contribution in [0.2, 0.25) is 0 Å². The molecule has 0 atom stereocenters. The van der Waals surface area contributed by atoms with Gasteiger partial charge in [-0.25, -0.2) is 0 Å². The summed E-state index contributed by atoms with van der Waals surface area (Å²) < 4.78 is 5.40. The standard InChI is InChI=1S/C8H12OS/c1-5(2)7-4-8(10)6(3)9-7/h4-5,10H,1-3H3. The fourth-order valence-electron chi connectivity index (χ4n) is 0.779. The molecule has 0 bridgehead atoms. The minimum absolute atomic E-state index is 0.458. The minimum Gasteiger partial charge on any atom is -0.465 e. The predicted molar refractivity (Wildman–Crippen MR) is 44.8 cm³/mol. The molecule has 1 nitrogen and oxygen atoms in total. The smallest absolute Gasteiger partial charge is 0.114 e. The normalized spacial score (nSPS) is 10.9. The summed E-state index contributed by atoms with van der Waals surface area (Å²) in [6.07, 6.45) is 0. The molecule has 0 aliphatic carbocycles. The molecule has 1 heterocycles. The van der Waals surface area contributed by atoms with Crippen molar-refractivity contribution in [2.75, 3.05) is 0 Å². The van der Waals surface area contributed by atoms with Gasteiger partial charge in [0.15, 0.2) is 0 Å². The summed E-state index contributed by atoms with van der Waals surface area (Å²) in [5.41, 5.74) is 0. The molecule has 1 aromatic rings. The maximum absolute atomic E-state index is 5.40. The van der Waals surface area contributed by atoms with Crippen LogP contribution in [0, 0.1) is 6.92 Å². The molecule has 1 aromatic heterocycles. The first kappa shape index (κ1) is 7.73. The molecule has 0 radical (unpaired) electrons. The van der Waals surface area contributed by atoms with Crippen molar-refractivity contribution in [3.63, 3.8) is 0 Å². The first-order valence-corrected chi connectivity index (χ1v) is 3.85. The molecule has 0 saturated carbocycles. The largest absolute Gasteiger partial charge is 0.465 e. The summed E-state index contributed by atoms with van der Waals surface area (Å²) in [6.45, 7) is 6.13. The van der Waals surface area contributed by atoms with Crippen molar-refractivity contribution in [2.45, 2.75) is 31.6 Å². The average Bonchev–Trinajstić information content (AvgIpc) is 2.13. The van der Waals surface area contributed by atoms with Gasteiger partial charge in [-0.3, -0.25) is 0 Å². The highest BCUT2D eigenvalue weighted by Gasteiger charge is 2.06. The molecule has 0 fully saturated rings. The number of thiol groups is 1. The summed E-state index contributed by atoms with van der Waals surface area (Å²) in [6, 6.07) is 1.98. The average molecular weight is 156 g/mol. The number of rotatable bonds is 1. The number of hydrogen-bond donors (Lipinski definition) is 1. The van der Waals surface area contributed by atoms with Gasteiger partial charge in [0.25, 0.3) is 0 Å². The Bertz CT molecular complexity index is 206. The second kappa shape index (κ2) is 2.70. The van der Waals surface area contributed by atoms with E-state index in [-0.39, 0.29) is 0 Å². The lowest BCUT2D eigenvalue weighted by molar-refractivity contribution is 0.460. The first-order chi connectivity index (χ1) is 4.61. The molecule has 10 heavy (non-hydrogen) atoms. The van der Waals surface area contributed by atoms with Crippen LogP contribution in [0.3, 0.4) is 0 Å². The van der Waals surface area contributed by atoms with E-state index in [0.29, 0.717) is 5.92 Å². The molecule has 0 amide bonds. The van der Waals surface area contributed by atoms with E-state index in [0.717, 1.165) is 16.4 Å². The first-order valence-electron chi connectivity index (χ1n) is 3.40. The van der Waals surface area contributed by atoms with Gasteiger partial charge in [-0.15, -0.1) is 12.6 Å². The summed E-state index contributed by atoms with van der Waals surface area (Å²) in [4.78, 5) is 0.948. The van der Waals surface area contributed by atoms with E-state index >= 15 is 0 Å². The van der Waals surface area contributed by atoms with Crippen LogP contribution >= 0.6 is 12.6 Å². The molecular formula is C8H12OS. The predicted octanol–water partition coefficient (Wildman–Crippen LogP) is 3.00. The van der Waals surface area contributed by atoms with E-state index in [1.54, 1.807) is 0 Å². The lowest BCUT2D eigenvalue weighted by Crippen LogP contribution is -1.80. The van der Waals surface area contributed by atoms with Crippen LogP contribution in [-0.4, -0.2) is 0 Å². The molecule has 0 aromatic carbocycles. The Balaban J connectivity index is 2.98. The maximum Gasteiger partial charge on any atom is 0.114 e. The van der Waals surface area contributed by atoms with Gasteiger partial charge in [0, 0.05) is 10.8 Å². The Morgan fingerprint density at radius 1 is 1.50 bits per heavy atom. The summed E-state index contributed by atoms with van der Waals surface area (Å²) in [5, 5.41) is 0. The highest BCUT2D eigenvalue weighted by atomic mass is 32.1. The molecule has 0 aliphatic heterocycles. The van der Waals surface area contributed by atoms with Crippen LogP contribution in [0.25, 0.3) is 0 Å². The van der Waals surface area contributed by atoms with Crippen LogP contribution in [0.15, 0.2) is 15.4 Å². The van der Waals surface area contributed by atoms with Crippen LogP contribution in [-0.2, 0) is 0 Å². The van der Waals surface area contributed by atoms with E-state index in [1.807, 2.05) is 13.0 Å². The van der Waals surface area contributed by atoms with Crippen molar-refractivity contribution in [2.24, 2.45) is 0 Å². The van der Waals surface area contributed by atoms with Crippen LogP contribution in [0.1, 0.15) is 31.3 Å². The Kier molecular flexibility index (Phi) is 2.09. The molecule has 0 spiro atoms. The molecule has 0 unspecified atom stereocenters. The molecule has 56 valence electrons. The zero-order valence-corrected chi connectivity index (χ0v) is 7.40. The fourth-order valence-corrected chi connectivity index (χ4v) is 0.952. The highest BCUT2D eigenvalue weighted by molar-refractivity contribution is 7.80. The van der Waals surface area contributed by atoms with Gasteiger partial charge in [-0.05, 0) is 13.0 Å². The van der Waals surface area contributed by atoms with Gasteiger partial charge >= 0.3 is 0 Å².